The number of H-pyrrole nitrogens is 1. The first-order valence-electron chi connectivity index (χ1n) is 10.5. The molecular formula is C22H28N4O3. The Hall–Kier alpha value is -2.67. The van der Waals surface area contributed by atoms with E-state index in [-0.39, 0.29) is 11.5 Å². The predicted molar refractivity (Wildman–Crippen MR) is 113 cm³/mol. The highest BCUT2D eigenvalue weighted by Gasteiger charge is 2.21. The third-order valence-electron chi connectivity index (χ3n) is 6.06. The van der Waals surface area contributed by atoms with E-state index >= 15 is 0 Å². The SMILES string of the molecule is CN1CCN(C(=O)c2ccc3c(=O)n(CCC4=CCCCC4)c(=O)[nH]c3c2)CC1. The summed E-state index contributed by atoms with van der Waals surface area (Å²) >= 11 is 0. The maximum absolute atomic E-state index is 12.9. The van der Waals surface area contributed by atoms with Gasteiger partial charge in [-0.15, -0.1) is 0 Å². The van der Waals surface area contributed by atoms with Gasteiger partial charge in [0, 0.05) is 38.3 Å². The number of carbonyl (C=O) groups excluding carboxylic acids is 1. The van der Waals surface area contributed by atoms with Gasteiger partial charge in [-0.05, 0) is 57.4 Å². The molecule has 1 amide bonds. The van der Waals surface area contributed by atoms with E-state index in [9.17, 15) is 14.4 Å². The standard InChI is InChI=1S/C22H28N4O3/c1-24-11-13-25(14-12-24)20(27)17-7-8-18-19(15-17)23-22(29)26(21(18)28)10-9-16-5-3-2-4-6-16/h5,7-8,15H,2-4,6,9-14H2,1H3,(H,23,29). The maximum Gasteiger partial charge on any atom is 0.328 e. The van der Waals surface area contributed by atoms with Crippen molar-refractivity contribution in [3.63, 3.8) is 0 Å². The molecule has 4 rings (SSSR count). The third kappa shape index (κ3) is 4.19. The second-order valence-electron chi connectivity index (χ2n) is 8.10. The Morgan fingerprint density at radius 3 is 2.62 bits per heavy atom. The molecule has 29 heavy (non-hydrogen) atoms. The van der Waals surface area contributed by atoms with Crippen LogP contribution in [0.3, 0.4) is 0 Å². The number of hydrogen-bond donors (Lipinski definition) is 1. The first kappa shape index (κ1) is 19.6. The number of hydrogen-bond acceptors (Lipinski definition) is 4. The van der Waals surface area contributed by atoms with Crippen molar-refractivity contribution in [2.45, 2.75) is 38.6 Å². The van der Waals surface area contributed by atoms with Gasteiger partial charge in [0.15, 0.2) is 0 Å². The molecule has 2 aromatic rings. The molecule has 0 radical (unpaired) electrons. The van der Waals surface area contributed by atoms with E-state index in [4.69, 9.17) is 0 Å². The lowest BCUT2D eigenvalue weighted by Gasteiger charge is -2.32. The van der Waals surface area contributed by atoms with E-state index in [2.05, 4.69) is 16.0 Å². The number of piperazine rings is 1. The van der Waals surface area contributed by atoms with Crippen molar-refractivity contribution in [3.8, 4) is 0 Å². The second-order valence-corrected chi connectivity index (χ2v) is 8.10. The number of aromatic nitrogens is 2. The van der Waals surface area contributed by atoms with Crippen molar-refractivity contribution in [2.24, 2.45) is 0 Å². The van der Waals surface area contributed by atoms with Gasteiger partial charge in [-0.25, -0.2) is 4.79 Å². The van der Waals surface area contributed by atoms with Crippen LogP contribution < -0.4 is 11.2 Å². The average Bonchev–Trinajstić information content (AvgIpc) is 2.74. The fourth-order valence-corrected chi connectivity index (χ4v) is 4.17. The normalized spacial score (nSPS) is 18.1. The summed E-state index contributed by atoms with van der Waals surface area (Å²) in [5.74, 6) is -0.0609. The molecule has 0 spiro atoms. The molecule has 154 valence electrons. The first-order chi connectivity index (χ1) is 14.0. The zero-order chi connectivity index (χ0) is 20.4. The van der Waals surface area contributed by atoms with Gasteiger partial charge < -0.3 is 14.8 Å². The van der Waals surface area contributed by atoms with E-state index in [0.717, 1.165) is 32.4 Å². The molecule has 0 unspecified atom stereocenters. The molecule has 2 aliphatic rings. The van der Waals surface area contributed by atoms with Crippen LogP contribution in [0.25, 0.3) is 10.9 Å². The summed E-state index contributed by atoms with van der Waals surface area (Å²) in [4.78, 5) is 45.0. The second kappa shape index (κ2) is 8.37. The Morgan fingerprint density at radius 1 is 1.10 bits per heavy atom. The minimum atomic E-state index is -0.414. The van der Waals surface area contributed by atoms with Crippen LogP contribution in [0, 0.1) is 0 Å². The van der Waals surface area contributed by atoms with Crippen molar-refractivity contribution < 1.29 is 4.79 Å². The number of aromatic amines is 1. The van der Waals surface area contributed by atoms with Crippen molar-refractivity contribution in [1.82, 2.24) is 19.4 Å². The molecule has 1 fully saturated rings. The van der Waals surface area contributed by atoms with Crippen LogP contribution in [0.1, 0.15) is 42.5 Å². The first-order valence-corrected chi connectivity index (χ1v) is 10.5. The van der Waals surface area contributed by atoms with E-state index in [1.54, 1.807) is 18.2 Å². The third-order valence-corrected chi connectivity index (χ3v) is 6.06. The molecule has 7 heteroatoms. The fourth-order valence-electron chi connectivity index (χ4n) is 4.17. The lowest BCUT2D eigenvalue weighted by atomic mass is 9.97. The summed E-state index contributed by atoms with van der Waals surface area (Å²) in [7, 11) is 2.04. The van der Waals surface area contributed by atoms with Gasteiger partial charge in [-0.1, -0.05) is 11.6 Å². The molecule has 1 N–H and O–H groups in total. The predicted octanol–water partition coefficient (Wildman–Crippen LogP) is 1.97. The Kier molecular flexibility index (Phi) is 5.67. The summed E-state index contributed by atoms with van der Waals surface area (Å²) in [6.45, 7) is 3.44. The van der Waals surface area contributed by atoms with E-state index in [0.29, 0.717) is 36.1 Å². The Bertz CT molecular complexity index is 1060. The summed E-state index contributed by atoms with van der Waals surface area (Å²) in [6.07, 6.45) is 7.50. The monoisotopic (exact) mass is 396 g/mol. The van der Waals surface area contributed by atoms with Gasteiger partial charge in [0.25, 0.3) is 11.5 Å². The molecule has 0 atom stereocenters. The van der Waals surface area contributed by atoms with Crippen molar-refractivity contribution in [3.05, 3.63) is 56.2 Å². The molecule has 1 saturated heterocycles. The number of nitrogens with one attached hydrogen (secondary N) is 1. The minimum absolute atomic E-state index is 0.0609. The van der Waals surface area contributed by atoms with Gasteiger partial charge in [0.1, 0.15) is 0 Å². The highest BCUT2D eigenvalue weighted by atomic mass is 16.2. The van der Waals surface area contributed by atoms with Crippen LogP contribution in [-0.2, 0) is 6.54 Å². The van der Waals surface area contributed by atoms with Gasteiger partial charge in [0.2, 0.25) is 0 Å². The number of carbonyl (C=O) groups is 1. The van der Waals surface area contributed by atoms with Gasteiger partial charge >= 0.3 is 5.69 Å². The molecule has 1 aliphatic heterocycles. The summed E-state index contributed by atoms with van der Waals surface area (Å²) in [5.41, 5.74) is 1.55. The zero-order valence-corrected chi connectivity index (χ0v) is 16.9. The lowest BCUT2D eigenvalue weighted by molar-refractivity contribution is 0.0664. The Balaban J connectivity index is 1.58. The number of fused-ring (bicyclic) bond motifs is 1. The number of amides is 1. The number of benzene rings is 1. The zero-order valence-electron chi connectivity index (χ0n) is 16.9. The van der Waals surface area contributed by atoms with E-state index < -0.39 is 5.69 Å². The minimum Gasteiger partial charge on any atom is -0.336 e. The molecule has 1 aliphatic carbocycles. The summed E-state index contributed by atoms with van der Waals surface area (Å²) in [5, 5.41) is 0.442. The van der Waals surface area contributed by atoms with Crippen LogP contribution in [0.15, 0.2) is 39.4 Å². The summed E-state index contributed by atoms with van der Waals surface area (Å²) < 4.78 is 1.28. The van der Waals surface area contributed by atoms with Crippen LogP contribution in [0.4, 0.5) is 0 Å². The van der Waals surface area contributed by atoms with Crippen LogP contribution in [0.5, 0.6) is 0 Å². The summed E-state index contributed by atoms with van der Waals surface area (Å²) in [6, 6.07) is 4.98. The van der Waals surface area contributed by atoms with Crippen LogP contribution >= 0.6 is 0 Å². The topological polar surface area (TPSA) is 78.4 Å². The lowest BCUT2D eigenvalue weighted by Crippen LogP contribution is -2.47. The number of nitrogens with zero attached hydrogens (tertiary/aromatic N) is 3. The van der Waals surface area contributed by atoms with Gasteiger partial charge in [0.05, 0.1) is 10.9 Å². The quantitative estimate of drug-likeness (QED) is 0.802. The number of rotatable bonds is 4. The smallest absolute Gasteiger partial charge is 0.328 e. The number of likely N-dealkylation sites (N-methyl/N-ethyl adjacent to an activating group) is 1. The van der Waals surface area contributed by atoms with Gasteiger partial charge in [-0.3, -0.25) is 14.2 Å². The highest BCUT2D eigenvalue weighted by Crippen LogP contribution is 2.20. The molecule has 0 saturated carbocycles. The van der Waals surface area contributed by atoms with Crippen LogP contribution in [0.2, 0.25) is 0 Å². The maximum atomic E-state index is 12.9. The molecule has 1 aromatic carbocycles. The van der Waals surface area contributed by atoms with E-state index in [1.807, 2.05) is 11.9 Å². The molecule has 0 bridgehead atoms. The number of allylic oxidation sites excluding steroid dienone is 2. The molecule has 1 aromatic heterocycles. The largest absolute Gasteiger partial charge is 0.336 e. The molecular weight excluding hydrogens is 368 g/mol. The van der Waals surface area contributed by atoms with Crippen molar-refractivity contribution in [2.75, 3.05) is 33.2 Å². The Morgan fingerprint density at radius 2 is 1.90 bits per heavy atom. The Labute approximate surface area is 169 Å². The highest BCUT2D eigenvalue weighted by molar-refractivity contribution is 5.97. The van der Waals surface area contributed by atoms with Gasteiger partial charge in [-0.2, -0.15) is 0 Å². The van der Waals surface area contributed by atoms with Crippen molar-refractivity contribution in [1.29, 1.82) is 0 Å². The van der Waals surface area contributed by atoms with Crippen molar-refractivity contribution >= 4 is 16.8 Å². The average molecular weight is 396 g/mol. The molecule has 7 nitrogen and oxygen atoms in total. The van der Waals surface area contributed by atoms with E-state index in [1.165, 1.54) is 23.0 Å². The molecule has 2 heterocycles. The fraction of sp³-hybridized carbons (Fsp3) is 0.500. The van der Waals surface area contributed by atoms with Crippen LogP contribution in [-0.4, -0.2) is 58.5 Å².